The molecule has 3 aliphatic rings. The Morgan fingerprint density at radius 2 is 2.04 bits per heavy atom. The molecular weight excluding hydrogens is 338 g/mol. The van der Waals surface area contributed by atoms with Crippen LogP contribution in [-0.2, 0) is 4.74 Å². The van der Waals surface area contributed by atoms with Gasteiger partial charge < -0.3 is 25.4 Å². The van der Waals surface area contributed by atoms with Gasteiger partial charge in [0, 0.05) is 6.04 Å². The molecule has 0 spiro atoms. The molecule has 4 N–H and O–H groups in total. The molecule has 2 unspecified atom stereocenters. The molecule has 1 saturated heterocycles. The fourth-order valence-corrected chi connectivity index (χ4v) is 4.85. The summed E-state index contributed by atoms with van der Waals surface area (Å²) in [7, 11) is 0. The lowest BCUT2D eigenvalue weighted by Crippen LogP contribution is -2.33. The van der Waals surface area contributed by atoms with Gasteiger partial charge in [-0.25, -0.2) is 15.0 Å². The van der Waals surface area contributed by atoms with Gasteiger partial charge in [0.05, 0.1) is 12.9 Å². The van der Waals surface area contributed by atoms with Crippen LogP contribution in [0.3, 0.4) is 0 Å². The monoisotopic (exact) mass is 361 g/mol. The van der Waals surface area contributed by atoms with Crippen molar-refractivity contribution in [3.8, 4) is 0 Å². The van der Waals surface area contributed by atoms with Gasteiger partial charge in [0.25, 0.3) is 0 Å². The Morgan fingerprint density at radius 3 is 2.73 bits per heavy atom. The zero-order valence-corrected chi connectivity index (χ0v) is 14.3. The largest absolute Gasteiger partial charge is 0.394 e. The van der Waals surface area contributed by atoms with E-state index in [1.54, 1.807) is 4.57 Å². The number of rotatable bonds is 4. The highest BCUT2D eigenvalue weighted by molar-refractivity contribution is 5.82. The van der Waals surface area contributed by atoms with E-state index in [2.05, 4.69) is 20.3 Å². The van der Waals surface area contributed by atoms with Gasteiger partial charge in [0.1, 0.15) is 24.6 Å². The van der Waals surface area contributed by atoms with Gasteiger partial charge in [-0.1, -0.05) is 6.42 Å². The second-order valence-corrected chi connectivity index (χ2v) is 7.70. The van der Waals surface area contributed by atoms with Crippen molar-refractivity contribution in [3.05, 3.63) is 12.7 Å². The summed E-state index contributed by atoms with van der Waals surface area (Å²) >= 11 is 0. The minimum atomic E-state index is -1.17. The zero-order chi connectivity index (χ0) is 17.8. The molecule has 7 atom stereocenters. The van der Waals surface area contributed by atoms with E-state index in [4.69, 9.17) is 4.74 Å². The summed E-state index contributed by atoms with van der Waals surface area (Å²) in [5.41, 5.74) is 1.15. The molecule has 2 bridgehead atoms. The van der Waals surface area contributed by atoms with Gasteiger partial charge in [-0.3, -0.25) is 4.57 Å². The van der Waals surface area contributed by atoms with Crippen molar-refractivity contribution in [1.29, 1.82) is 0 Å². The summed E-state index contributed by atoms with van der Waals surface area (Å²) in [5, 5.41) is 33.1. The molecule has 9 nitrogen and oxygen atoms in total. The maximum absolute atomic E-state index is 10.3. The SMILES string of the molecule is OC[C@H]1O[C@@H](n2cnc3c(N[C@H]4CC5CCC4C5)ncnc32)[C@H](O)[C@@H]1O. The Labute approximate surface area is 150 Å². The maximum Gasteiger partial charge on any atom is 0.167 e. The molecule has 0 amide bonds. The molecule has 2 saturated carbocycles. The molecule has 1 aliphatic heterocycles. The van der Waals surface area contributed by atoms with Crippen molar-refractivity contribution in [2.75, 3.05) is 11.9 Å². The molecule has 26 heavy (non-hydrogen) atoms. The van der Waals surface area contributed by atoms with Crippen LogP contribution in [0.25, 0.3) is 11.2 Å². The van der Waals surface area contributed by atoms with E-state index in [0.29, 0.717) is 28.9 Å². The number of hydrogen-bond acceptors (Lipinski definition) is 8. The first-order chi connectivity index (χ1) is 12.7. The van der Waals surface area contributed by atoms with Crippen molar-refractivity contribution in [3.63, 3.8) is 0 Å². The average molecular weight is 361 g/mol. The summed E-state index contributed by atoms with van der Waals surface area (Å²) in [6.07, 6.45) is 4.07. The van der Waals surface area contributed by atoms with Crippen LogP contribution >= 0.6 is 0 Å². The molecule has 2 aromatic heterocycles. The maximum atomic E-state index is 10.3. The lowest BCUT2D eigenvalue weighted by molar-refractivity contribution is -0.0511. The van der Waals surface area contributed by atoms with Crippen LogP contribution in [0.1, 0.15) is 31.9 Å². The summed E-state index contributed by atoms with van der Waals surface area (Å²) in [6.45, 7) is -0.368. The number of imidazole rings is 1. The van der Waals surface area contributed by atoms with Crippen molar-refractivity contribution in [2.45, 2.75) is 56.3 Å². The molecule has 0 radical (unpaired) electrons. The quantitative estimate of drug-likeness (QED) is 0.601. The number of anilines is 1. The number of ether oxygens (including phenoxy) is 1. The highest BCUT2D eigenvalue weighted by atomic mass is 16.6. The van der Waals surface area contributed by atoms with Crippen LogP contribution in [0.2, 0.25) is 0 Å². The van der Waals surface area contributed by atoms with Gasteiger partial charge in [-0.2, -0.15) is 0 Å². The first-order valence-corrected chi connectivity index (χ1v) is 9.22. The molecule has 3 fully saturated rings. The van der Waals surface area contributed by atoms with E-state index >= 15 is 0 Å². The second kappa shape index (κ2) is 6.12. The van der Waals surface area contributed by atoms with E-state index in [1.165, 1.54) is 38.3 Å². The predicted molar refractivity (Wildman–Crippen MR) is 91.2 cm³/mol. The van der Waals surface area contributed by atoms with Crippen molar-refractivity contribution in [1.82, 2.24) is 19.5 Å². The van der Waals surface area contributed by atoms with Crippen LogP contribution in [0, 0.1) is 11.8 Å². The lowest BCUT2D eigenvalue weighted by atomic mass is 9.95. The Balaban J connectivity index is 1.44. The van der Waals surface area contributed by atoms with E-state index in [1.807, 2.05) is 0 Å². The number of hydrogen-bond donors (Lipinski definition) is 4. The highest BCUT2D eigenvalue weighted by Crippen LogP contribution is 2.45. The van der Waals surface area contributed by atoms with Gasteiger partial charge >= 0.3 is 0 Å². The summed E-state index contributed by atoms with van der Waals surface area (Å²) < 4.78 is 7.18. The number of fused-ring (bicyclic) bond motifs is 3. The van der Waals surface area contributed by atoms with Crippen LogP contribution in [0.15, 0.2) is 12.7 Å². The molecule has 2 aliphatic carbocycles. The Kier molecular flexibility index (Phi) is 3.85. The number of nitrogens with one attached hydrogen (secondary N) is 1. The third-order valence-corrected chi connectivity index (χ3v) is 6.21. The van der Waals surface area contributed by atoms with Crippen molar-refractivity contribution >= 4 is 17.0 Å². The van der Waals surface area contributed by atoms with Crippen molar-refractivity contribution < 1.29 is 20.1 Å². The predicted octanol–water partition coefficient (Wildman–Crippen LogP) is 0.0383. The van der Waals surface area contributed by atoms with Crippen LogP contribution in [0.4, 0.5) is 5.82 Å². The second-order valence-electron chi connectivity index (χ2n) is 7.70. The standard InChI is InChI=1S/C17H23N5O4/c23-5-11-13(24)14(25)17(26-11)22-7-20-12-15(18-6-19-16(12)22)21-10-4-8-1-2-9(10)3-8/h6-11,13-14,17,23-25H,1-5H2,(H,18,19,21)/t8?,9?,10-,11+,13+,14+,17+/m0/s1. The van der Waals surface area contributed by atoms with Crippen molar-refractivity contribution in [2.24, 2.45) is 11.8 Å². The smallest absolute Gasteiger partial charge is 0.167 e. The number of aliphatic hydroxyl groups excluding tert-OH is 3. The number of aromatic nitrogens is 4. The molecule has 5 rings (SSSR count). The molecule has 140 valence electrons. The van der Waals surface area contributed by atoms with Gasteiger partial charge in [-0.15, -0.1) is 0 Å². The van der Waals surface area contributed by atoms with Crippen LogP contribution < -0.4 is 5.32 Å². The van der Waals surface area contributed by atoms with E-state index < -0.39 is 24.5 Å². The average Bonchev–Trinajstić information content (AvgIpc) is 3.41. The third-order valence-electron chi connectivity index (χ3n) is 6.21. The Morgan fingerprint density at radius 1 is 1.15 bits per heavy atom. The third kappa shape index (κ3) is 2.42. The molecular formula is C17H23N5O4. The molecule has 9 heteroatoms. The van der Waals surface area contributed by atoms with E-state index in [-0.39, 0.29) is 6.61 Å². The summed E-state index contributed by atoms with van der Waals surface area (Å²) in [6, 6.07) is 0.422. The Hall–Kier alpha value is -1.81. The van der Waals surface area contributed by atoms with Gasteiger partial charge in [0.15, 0.2) is 23.2 Å². The normalized spacial score (nSPS) is 39.1. The fourth-order valence-electron chi connectivity index (χ4n) is 4.85. The van der Waals surface area contributed by atoms with E-state index in [0.717, 1.165) is 5.92 Å². The van der Waals surface area contributed by atoms with Gasteiger partial charge in [-0.05, 0) is 31.1 Å². The first-order valence-electron chi connectivity index (χ1n) is 9.22. The molecule has 2 aromatic rings. The minimum absolute atomic E-state index is 0.368. The number of nitrogens with zero attached hydrogens (tertiary/aromatic N) is 4. The fraction of sp³-hybridized carbons (Fsp3) is 0.706. The first kappa shape index (κ1) is 16.4. The zero-order valence-electron chi connectivity index (χ0n) is 14.3. The minimum Gasteiger partial charge on any atom is -0.394 e. The van der Waals surface area contributed by atoms with Gasteiger partial charge in [0.2, 0.25) is 0 Å². The van der Waals surface area contributed by atoms with E-state index in [9.17, 15) is 15.3 Å². The number of aliphatic hydroxyl groups is 3. The lowest BCUT2D eigenvalue weighted by Gasteiger charge is -2.23. The highest BCUT2D eigenvalue weighted by Gasteiger charge is 2.44. The Bertz CT molecular complexity index is 814. The summed E-state index contributed by atoms with van der Waals surface area (Å²) in [5.74, 6) is 2.22. The topological polar surface area (TPSA) is 126 Å². The molecule has 0 aromatic carbocycles. The van der Waals surface area contributed by atoms with Crippen LogP contribution in [0.5, 0.6) is 0 Å². The van der Waals surface area contributed by atoms with Crippen LogP contribution in [-0.4, -0.2) is 65.8 Å². The summed E-state index contributed by atoms with van der Waals surface area (Å²) in [4.78, 5) is 13.1. The molecule has 3 heterocycles.